The van der Waals surface area contributed by atoms with Gasteiger partial charge in [-0.05, 0) is 67.3 Å². The Kier molecular flexibility index (Phi) is 4.30. The van der Waals surface area contributed by atoms with E-state index in [9.17, 15) is 9.90 Å². The second-order valence-corrected chi connectivity index (χ2v) is 5.94. The second kappa shape index (κ2) is 6.40. The first-order chi connectivity index (χ1) is 11.5. The molecule has 0 radical (unpaired) electrons. The van der Waals surface area contributed by atoms with Crippen LogP contribution in [0, 0.1) is 13.8 Å². The Morgan fingerprint density at radius 3 is 2.46 bits per heavy atom. The van der Waals surface area contributed by atoms with Gasteiger partial charge in [-0.15, -0.1) is 0 Å². The molecule has 2 N–H and O–H groups in total. The normalized spacial score (nSPS) is 11.0. The molecule has 0 fully saturated rings. The van der Waals surface area contributed by atoms with Crippen molar-refractivity contribution in [1.82, 2.24) is 4.98 Å². The van der Waals surface area contributed by atoms with E-state index in [-0.39, 0.29) is 6.42 Å². The molecule has 4 nitrogen and oxygen atoms in total. The predicted molar refractivity (Wildman–Crippen MR) is 95.7 cm³/mol. The molecule has 0 unspecified atom stereocenters. The summed E-state index contributed by atoms with van der Waals surface area (Å²) in [5, 5.41) is 10.3. The van der Waals surface area contributed by atoms with Crippen molar-refractivity contribution < 1.29 is 14.6 Å². The van der Waals surface area contributed by atoms with E-state index in [2.05, 4.69) is 18.8 Å². The number of rotatable bonds is 5. The second-order valence-electron chi connectivity index (χ2n) is 5.94. The topological polar surface area (TPSA) is 62.3 Å². The van der Waals surface area contributed by atoms with Crippen LogP contribution in [0.1, 0.15) is 23.6 Å². The lowest BCUT2D eigenvalue weighted by Crippen LogP contribution is -2.01. The van der Waals surface area contributed by atoms with Crippen molar-refractivity contribution in [3.05, 3.63) is 53.1 Å². The lowest BCUT2D eigenvalue weighted by atomic mass is 10.00. The van der Waals surface area contributed by atoms with Crippen LogP contribution in [-0.4, -0.2) is 22.7 Å². The molecule has 1 aromatic heterocycles. The Morgan fingerprint density at radius 2 is 1.83 bits per heavy atom. The van der Waals surface area contributed by atoms with E-state index < -0.39 is 5.97 Å². The summed E-state index contributed by atoms with van der Waals surface area (Å²) in [4.78, 5) is 14.8. The van der Waals surface area contributed by atoms with Gasteiger partial charge in [0.15, 0.2) is 0 Å². The maximum Gasteiger partial charge on any atom is 0.307 e. The lowest BCUT2D eigenvalue weighted by Gasteiger charge is -2.06. The molecule has 0 atom stereocenters. The number of benzene rings is 2. The van der Waals surface area contributed by atoms with E-state index in [0.29, 0.717) is 6.61 Å². The molecule has 3 rings (SSSR count). The number of aromatic nitrogens is 1. The highest BCUT2D eigenvalue weighted by Gasteiger charge is 2.17. The van der Waals surface area contributed by atoms with E-state index in [4.69, 9.17) is 4.74 Å². The van der Waals surface area contributed by atoms with Gasteiger partial charge in [-0.2, -0.15) is 0 Å². The summed E-state index contributed by atoms with van der Waals surface area (Å²) in [6.45, 7) is 6.68. The molecule has 0 aliphatic rings. The van der Waals surface area contributed by atoms with Crippen LogP contribution in [0.2, 0.25) is 0 Å². The van der Waals surface area contributed by atoms with Crippen LogP contribution < -0.4 is 4.74 Å². The number of hydrogen-bond donors (Lipinski definition) is 2. The van der Waals surface area contributed by atoms with Crippen LogP contribution in [0.25, 0.3) is 22.2 Å². The van der Waals surface area contributed by atoms with Gasteiger partial charge in [-0.1, -0.05) is 12.1 Å². The standard InChI is InChI=1S/C20H21NO3/c1-4-24-15-8-6-14(7-9-15)20-17(11-18(22)23)16-10-5-12(2)13(3)19(16)21-20/h5-10,21H,4,11H2,1-3H3,(H,22,23). The molecule has 0 saturated carbocycles. The largest absolute Gasteiger partial charge is 0.494 e. The molecule has 2 aromatic carbocycles. The Morgan fingerprint density at radius 1 is 1.12 bits per heavy atom. The van der Waals surface area contributed by atoms with Crippen molar-refractivity contribution in [2.75, 3.05) is 6.61 Å². The summed E-state index contributed by atoms with van der Waals surface area (Å²) >= 11 is 0. The quantitative estimate of drug-likeness (QED) is 0.728. The number of fused-ring (bicyclic) bond motifs is 1. The zero-order chi connectivity index (χ0) is 17.3. The zero-order valence-electron chi connectivity index (χ0n) is 14.1. The highest BCUT2D eigenvalue weighted by molar-refractivity contribution is 5.96. The van der Waals surface area contributed by atoms with Crippen LogP contribution in [0.5, 0.6) is 5.75 Å². The molecular weight excluding hydrogens is 302 g/mol. The Bertz CT molecular complexity index is 891. The van der Waals surface area contributed by atoms with Gasteiger partial charge in [0, 0.05) is 10.9 Å². The molecule has 1 heterocycles. The fourth-order valence-electron chi connectivity index (χ4n) is 3.03. The number of hydrogen-bond acceptors (Lipinski definition) is 2. The number of aryl methyl sites for hydroxylation is 2. The van der Waals surface area contributed by atoms with Crippen molar-refractivity contribution in [1.29, 1.82) is 0 Å². The van der Waals surface area contributed by atoms with Crippen LogP contribution in [0.15, 0.2) is 36.4 Å². The van der Waals surface area contributed by atoms with Gasteiger partial charge in [0.05, 0.1) is 18.7 Å². The Balaban J connectivity index is 2.18. The molecule has 4 heteroatoms. The van der Waals surface area contributed by atoms with Gasteiger partial charge in [0.1, 0.15) is 5.75 Å². The summed E-state index contributed by atoms with van der Waals surface area (Å²) in [6, 6.07) is 11.8. The minimum atomic E-state index is -0.832. The average Bonchev–Trinajstić information content (AvgIpc) is 2.91. The Hall–Kier alpha value is -2.75. The molecule has 0 bridgehead atoms. The van der Waals surface area contributed by atoms with Gasteiger partial charge < -0.3 is 14.8 Å². The van der Waals surface area contributed by atoms with E-state index in [1.54, 1.807) is 0 Å². The fourth-order valence-corrected chi connectivity index (χ4v) is 3.03. The minimum absolute atomic E-state index is 0.00888. The van der Waals surface area contributed by atoms with Crippen LogP contribution >= 0.6 is 0 Å². The van der Waals surface area contributed by atoms with Crippen molar-refractivity contribution >= 4 is 16.9 Å². The van der Waals surface area contributed by atoms with Crippen LogP contribution in [0.3, 0.4) is 0 Å². The maximum atomic E-state index is 11.4. The summed E-state index contributed by atoms with van der Waals surface area (Å²) in [5.74, 6) is -0.0227. The minimum Gasteiger partial charge on any atom is -0.494 e. The number of H-pyrrole nitrogens is 1. The SMILES string of the molecule is CCOc1ccc(-c2[nH]c3c(C)c(C)ccc3c2CC(=O)O)cc1. The first kappa shape index (κ1) is 16.1. The third-order valence-electron chi connectivity index (χ3n) is 4.39. The molecule has 3 aromatic rings. The average molecular weight is 323 g/mol. The predicted octanol–water partition coefficient (Wildman–Crippen LogP) is 4.48. The molecule has 124 valence electrons. The lowest BCUT2D eigenvalue weighted by molar-refractivity contribution is -0.136. The van der Waals surface area contributed by atoms with Gasteiger partial charge in [-0.3, -0.25) is 4.79 Å². The number of aliphatic carboxylic acids is 1. The fraction of sp³-hybridized carbons (Fsp3) is 0.250. The molecule has 0 saturated heterocycles. The number of nitrogens with one attached hydrogen (secondary N) is 1. The molecule has 0 spiro atoms. The summed E-state index contributed by atoms with van der Waals surface area (Å²) in [7, 11) is 0. The third-order valence-corrected chi connectivity index (χ3v) is 4.39. The molecule has 24 heavy (non-hydrogen) atoms. The Labute approximate surface area is 141 Å². The summed E-state index contributed by atoms with van der Waals surface area (Å²) < 4.78 is 5.48. The molecule has 0 aliphatic carbocycles. The molecule has 0 aliphatic heterocycles. The first-order valence-electron chi connectivity index (χ1n) is 8.07. The zero-order valence-corrected chi connectivity index (χ0v) is 14.1. The van der Waals surface area contributed by atoms with Crippen molar-refractivity contribution in [2.45, 2.75) is 27.2 Å². The van der Waals surface area contributed by atoms with Crippen molar-refractivity contribution in [3.8, 4) is 17.0 Å². The van der Waals surface area contributed by atoms with Gasteiger partial charge in [-0.25, -0.2) is 0 Å². The van der Waals surface area contributed by atoms with E-state index in [1.807, 2.05) is 43.3 Å². The number of carboxylic acid groups (broad SMARTS) is 1. The van der Waals surface area contributed by atoms with E-state index in [0.717, 1.165) is 39.0 Å². The summed E-state index contributed by atoms with van der Waals surface area (Å²) in [5.41, 5.74) is 5.99. The first-order valence-corrected chi connectivity index (χ1v) is 8.07. The molecular formula is C20H21NO3. The monoisotopic (exact) mass is 323 g/mol. The maximum absolute atomic E-state index is 11.4. The van der Waals surface area contributed by atoms with Crippen molar-refractivity contribution in [3.63, 3.8) is 0 Å². The number of aromatic amines is 1. The number of carboxylic acids is 1. The van der Waals surface area contributed by atoms with E-state index in [1.165, 1.54) is 5.56 Å². The van der Waals surface area contributed by atoms with E-state index >= 15 is 0 Å². The highest BCUT2D eigenvalue weighted by atomic mass is 16.5. The van der Waals surface area contributed by atoms with Gasteiger partial charge in [0.25, 0.3) is 0 Å². The highest BCUT2D eigenvalue weighted by Crippen LogP contribution is 2.34. The smallest absolute Gasteiger partial charge is 0.307 e. The molecule has 0 amide bonds. The summed E-state index contributed by atoms with van der Waals surface area (Å²) in [6.07, 6.45) is -0.00888. The third kappa shape index (κ3) is 2.87. The van der Waals surface area contributed by atoms with Gasteiger partial charge in [0.2, 0.25) is 0 Å². The van der Waals surface area contributed by atoms with Crippen LogP contribution in [0.4, 0.5) is 0 Å². The van der Waals surface area contributed by atoms with Gasteiger partial charge >= 0.3 is 5.97 Å². The van der Waals surface area contributed by atoms with Crippen molar-refractivity contribution in [2.24, 2.45) is 0 Å². The van der Waals surface area contributed by atoms with Crippen LogP contribution in [-0.2, 0) is 11.2 Å². The number of ether oxygens (including phenoxy) is 1. The number of carbonyl (C=O) groups is 1.